The Bertz CT molecular complexity index is 3340. The second-order valence-electron chi connectivity index (χ2n) is 18.8. The molecule has 9 aromatic rings. The number of fused-ring (bicyclic) bond motifs is 3. The number of aromatic nitrogens is 6. The maximum Gasteiger partial charge on any atom is 0.322 e. The first-order chi connectivity index (χ1) is 36.7. The number of aromatic amines is 3. The minimum atomic E-state index is -0.0936. The van der Waals surface area contributed by atoms with Gasteiger partial charge in [0.1, 0.15) is 0 Å². The molecule has 14 nitrogen and oxygen atoms in total. The number of amides is 4. The number of nitrogen functional groups attached to an aromatic ring is 1. The summed E-state index contributed by atoms with van der Waals surface area (Å²) in [5.41, 5.74) is 22.6. The Balaban J connectivity index is 0.000000145. The minimum Gasteiger partial charge on any atom is -0.399 e. The van der Waals surface area contributed by atoms with E-state index < -0.39 is 0 Å². The molecule has 4 amide bonds. The van der Waals surface area contributed by atoms with Crippen molar-refractivity contribution >= 4 is 61.0 Å². The second-order valence-corrected chi connectivity index (χ2v) is 20.6. The fourth-order valence-electron chi connectivity index (χ4n) is 9.43. The summed E-state index contributed by atoms with van der Waals surface area (Å²) in [6, 6.07) is 53.8. The number of anilines is 3. The number of halogens is 2. The topological polar surface area (TPSA) is 189 Å². The van der Waals surface area contributed by atoms with E-state index in [-0.39, 0.29) is 26.9 Å². The molecule has 13 rings (SSSR count). The van der Waals surface area contributed by atoms with Gasteiger partial charge in [-0.2, -0.15) is 15.3 Å². The number of carbonyl (C=O) groups is 2. The number of benzene rings is 6. The van der Waals surface area contributed by atoms with Crippen LogP contribution in [0.15, 0.2) is 173 Å². The predicted molar refractivity (Wildman–Crippen MR) is 318 cm³/mol. The van der Waals surface area contributed by atoms with Gasteiger partial charge < -0.3 is 31.5 Å². The van der Waals surface area contributed by atoms with Gasteiger partial charge in [0.05, 0.1) is 30.2 Å². The standard InChI is InChI=1S/C22H22N4O.C19H17BrN4O.C12H13N3.C6H6BrN.2CH4/c27-22(23-18-8-4-7-17(13-18)15-9-10-15)26-12-11-20-19(14-26)21(25-24-20)16-5-2-1-3-6-16;20-14-7-4-8-15(11-14)21-19(25)24-10-9-17-16(12-24)18(23-22-17)13-5-2-1-3-6-13;1-2-4-9(5-3-1)12-10-8-13-7-6-11(10)14-15-12;7-5-2-1-3-6(8)4-5;;/h1-8,13,15H,9-12,14H2,(H,23,27)(H,24,25);1-8,11H,9-10,12H2,(H,21,25)(H,22,23);1-5,13H,6-8H2,(H,14,15);1-4H,8H2;2*1H4. The van der Waals surface area contributed by atoms with E-state index in [1.165, 1.54) is 35.2 Å². The van der Waals surface area contributed by atoms with Crippen LogP contribution in [-0.2, 0) is 38.9 Å². The average molecular weight is 1160 g/mol. The molecule has 6 heterocycles. The molecule has 8 N–H and O–H groups in total. The quantitative estimate of drug-likeness (QED) is 0.0807. The third-order valence-corrected chi connectivity index (χ3v) is 14.5. The fraction of sp³-hybridized carbons (Fsp3) is 0.230. The van der Waals surface area contributed by atoms with Crippen LogP contribution in [0.4, 0.5) is 26.7 Å². The maximum absolute atomic E-state index is 12.8. The van der Waals surface area contributed by atoms with Crippen LogP contribution in [0, 0.1) is 0 Å². The summed E-state index contributed by atoms with van der Waals surface area (Å²) in [6.07, 6.45) is 5.14. The van der Waals surface area contributed by atoms with E-state index in [0.717, 1.165) is 109 Å². The maximum atomic E-state index is 12.8. The highest BCUT2D eigenvalue weighted by Crippen LogP contribution is 2.41. The first-order valence-electron chi connectivity index (χ1n) is 25.3. The fourth-order valence-corrected chi connectivity index (χ4v) is 10.2. The number of rotatable bonds is 6. The average Bonchev–Trinajstić information content (AvgIpc) is 3.85. The summed E-state index contributed by atoms with van der Waals surface area (Å²) in [6.45, 7) is 4.46. The van der Waals surface area contributed by atoms with Crippen molar-refractivity contribution < 1.29 is 9.59 Å². The van der Waals surface area contributed by atoms with Gasteiger partial charge in [0.15, 0.2) is 0 Å². The molecule has 1 fully saturated rings. The number of hydrogen-bond donors (Lipinski definition) is 7. The summed E-state index contributed by atoms with van der Waals surface area (Å²) >= 11 is 6.70. The lowest BCUT2D eigenvalue weighted by Gasteiger charge is -2.27. The van der Waals surface area contributed by atoms with Gasteiger partial charge in [-0.15, -0.1) is 0 Å². The van der Waals surface area contributed by atoms with Crippen molar-refractivity contribution in [1.82, 2.24) is 45.7 Å². The molecular formula is C61H66Br2N12O2. The van der Waals surface area contributed by atoms with Crippen molar-refractivity contribution in [3.63, 3.8) is 0 Å². The van der Waals surface area contributed by atoms with Gasteiger partial charge in [-0.05, 0) is 72.9 Å². The molecule has 16 heteroatoms. The molecule has 0 spiro atoms. The highest BCUT2D eigenvalue weighted by atomic mass is 79.9. The van der Waals surface area contributed by atoms with Crippen LogP contribution >= 0.6 is 31.9 Å². The summed E-state index contributed by atoms with van der Waals surface area (Å²) in [5, 5.41) is 32.2. The first kappa shape index (κ1) is 55.4. The van der Waals surface area contributed by atoms with Crippen LogP contribution < -0.4 is 21.7 Å². The lowest BCUT2D eigenvalue weighted by molar-refractivity contribution is 0.205. The van der Waals surface area contributed by atoms with E-state index in [9.17, 15) is 9.59 Å². The Morgan fingerprint density at radius 1 is 0.519 bits per heavy atom. The number of carbonyl (C=O) groups excluding carboxylic acids is 2. The van der Waals surface area contributed by atoms with Crippen molar-refractivity contribution in [2.45, 2.75) is 72.5 Å². The summed E-state index contributed by atoms with van der Waals surface area (Å²) in [4.78, 5) is 29.1. The van der Waals surface area contributed by atoms with Crippen molar-refractivity contribution in [2.24, 2.45) is 0 Å². The summed E-state index contributed by atoms with van der Waals surface area (Å²) in [7, 11) is 0. The van der Waals surface area contributed by atoms with Crippen LogP contribution in [0.1, 0.15) is 72.9 Å². The molecule has 0 bridgehead atoms. The molecule has 0 radical (unpaired) electrons. The smallest absolute Gasteiger partial charge is 0.322 e. The molecule has 1 aliphatic carbocycles. The van der Waals surface area contributed by atoms with Crippen LogP contribution in [0.25, 0.3) is 33.8 Å². The van der Waals surface area contributed by atoms with Crippen molar-refractivity contribution in [1.29, 1.82) is 0 Å². The number of H-pyrrole nitrogens is 3. The van der Waals surface area contributed by atoms with Crippen molar-refractivity contribution in [3.8, 4) is 33.8 Å². The summed E-state index contributed by atoms with van der Waals surface area (Å²) < 4.78 is 1.96. The van der Waals surface area contributed by atoms with E-state index in [1.807, 2.05) is 137 Å². The molecule has 3 aromatic heterocycles. The van der Waals surface area contributed by atoms with Gasteiger partial charge in [0, 0.05) is 122 Å². The molecule has 6 aromatic carbocycles. The zero-order valence-corrected chi connectivity index (χ0v) is 44.5. The molecule has 396 valence electrons. The molecule has 4 aliphatic rings. The monoisotopic (exact) mass is 1160 g/mol. The van der Waals surface area contributed by atoms with Crippen LogP contribution in [-0.4, -0.2) is 72.1 Å². The third kappa shape index (κ3) is 14.2. The number of urea groups is 2. The molecule has 0 saturated heterocycles. The normalized spacial score (nSPS) is 13.8. The zero-order valence-electron chi connectivity index (χ0n) is 41.3. The largest absolute Gasteiger partial charge is 0.399 e. The number of nitrogens with two attached hydrogens (primary N) is 1. The van der Waals surface area contributed by atoms with Crippen molar-refractivity contribution in [3.05, 3.63) is 212 Å². The summed E-state index contributed by atoms with van der Waals surface area (Å²) in [5.74, 6) is 0.679. The Morgan fingerprint density at radius 2 is 0.961 bits per heavy atom. The highest BCUT2D eigenvalue weighted by Gasteiger charge is 2.28. The molecular weight excluding hydrogens is 1090 g/mol. The van der Waals surface area contributed by atoms with E-state index in [0.29, 0.717) is 32.1 Å². The SMILES string of the molecule is C.C.Nc1cccc(Br)c1.O=C(Nc1cccc(Br)c1)N1CCc2[nH]nc(-c3ccccc3)c2C1.O=C(Nc1cccc(C2CC2)c1)N1CCc2[nH]nc(-c3ccccc3)c2C1.c1ccc(-c2n[nH]c3c2CNCC3)cc1. The van der Waals surface area contributed by atoms with Gasteiger partial charge in [0.25, 0.3) is 0 Å². The van der Waals surface area contributed by atoms with Gasteiger partial charge >= 0.3 is 12.1 Å². The lowest BCUT2D eigenvalue weighted by Crippen LogP contribution is -2.38. The Hall–Kier alpha value is -7.79. The lowest BCUT2D eigenvalue weighted by atomic mass is 10.0. The number of nitrogens with one attached hydrogen (secondary N) is 6. The molecule has 77 heavy (non-hydrogen) atoms. The predicted octanol–water partition coefficient (Wildman–Crippen LogP) is 14.0. The van der Waals surface area contributed by atoms with Gasteiger partial charge in [-0.25, -0.2) is 9.59 Å². The molecule has 1 saturated carbocycles. The highest BCUT2D eigenvalue weighted by molar-refractivity contribution is 9.10. The Labute approximate surface area is 467 Å². The van der Waals surface area contributed by atoms with Crippen molar-refractivity contribution in [2.75, 3.05) is 36.0 Å². The van der Waals surface area contributed by atoms with E-state index in [4.69, 9.17) is 5.73 Å². The zero-order chi connectivity index (χ0) is 51.5. The second kappa shape index (κ2) is 26.3. The third-order valence-electron chi connectivity index (χ3n) is 13.5. The number of hydrogen-bond acceptors (Lipinski definition) is 7. The van der Waals surface area contributed by atoms with E-state index >= 15 is 0 Å². The van der Waals surface area contributed by atoms with E-state index in [2.05, 4.69) is 115 Å². The minimum absolute atomic E-state index is 0. The Morgan fingerprint density at radius 3 is 1.42 bits per heavy atom. The Kier molecular flexibility index (Phi) is 18.9. The molecule has 0 unspecified atom stereocenters. The van der Waals surface area contributed by atoms with E-state index in [1.54, 1.807) is 0 Å². The van der Waals surface area contributed by atoms with Crippen LogP contribution in [0.3, 0.4) is 0 Å². The number of nitrogens with zero attached hydrogens (tertiary/aromatic N) is 5. The molecule has 3 aliphatic heterocycles. The van der Waals surface area contributed by atoms with Crippen LogP contribution in [0.2, 0.25) is 0 Å². The van der Waals surface area contributed by atoms with Gasteiger partial charge in [-0.1, -0.05) is 162 Å². The van der Waals surface area contributed by atoms with Crippen LogP contribution in [0.5, 0.6) is 0 Å². The van der Waals surface area contributed by atoms with Gasteiger partial charge in [0.2, 0.25) is 0 Å². The van der Waals surface area contributed by atoms with Gasteiger partial charge in [-0.3, -0.25) is 15.3 Å². The molecule has 0 atom stereocenters. The first-order valence-corrected chi connectivity index (χ1v) is 26.8.